The van der Waals surface area contributed by atoms with E-state index in [1.165, 1.54) is 11.9 Å². The largest absolute Gasteiger partial charge is 0.449 e. The van der Waals surface area contributed by atoms with Crippen molar-refractivity contribution in [2.75, 3.05) is 17.8 Å². The molecule has 0 aromatic heterocycles. The molecule has 4 nitrogen and oxygen atoms in total. The maximum atomic E-state index is 10.9. The molecule has 0 heterocycles. The summed E-state index contributed by atoms with van der Waals surface area (Å²) < 4.78 is 7.22. The van der Waals surface area contributed by atoms with Crippen LogP contribution in [0.5, 0.6) is 0 Å². The van der Waals surface area contributed by atoms with Crippen LogP contribution >= 0.6 is 23.5 Å². The molecule has 1 amide bonds. The van der Waals surface area contributed by atoms with Gasteiger partial charge in [0.05, 0.1) is 12.5 Å². The molecule has 0 aliphatic rings. The molecular weight excluding hydrogens is 248 g/mol. The Kier molecular flexibility index (Phi) is 5.88. The molecule has 0 bridgehead atoms. The summed E-state index contributed by atoms with van der Waals surface area (Å²) in [6, 6.07) is 7.37. The van der Waals surface area contributed by atoms with Gasteiger partial charge in [0, 0.05) is 10.7 Å². The van der Waals surface area contributed by atoms with Crippen LogP contribution in [0.15, 0.2) is 24.3 Å². The number of nitrogens with one attached hydrogen (secondary N) is 2. The highest BCUT2D eigenvalue weighted by Crippen LogP contribution is 2.15. The van der Waals surface area contributed by atoms with Gasteiger partial charge < -0.3 is 10.1 Å². The number of halogens is 1. The highest BCUT2D eigenvalue weighted by atomic mass is 35.5. The Morgan fingerprint density at radius 1 is 1.56 bits per heavy atom. The van der Waals surface area contributed by atoms with E-state index in [1.807, 2.05) is 18.2 Å². The Balaban J connectivity index is 2.18. The van der Waals surface area contributed by atoms with Crippen molar-refractivity contribution in [2.24, 2.45) is 0 Å². The molecule has 0 atom stereocenters. The number of anilines is 1. The molecule has 0 fully saturated rings. The highest BCUT2D eigenvalue weighted by Gasteiger charge is 1.99. The van der Waals surface area contributed by atoms with Crippen molar-refractivity contribution in [1.29, 1.82) is 0 Å². The molecule has 16 heavy (non-hydrogen) atoms. The lowest BCUT2D eigenvalue weighted by atomic mass is 10.3. The Hall–Kier alpha value is -1.07. The minimum atomic E-state index is -0.430. The average molecular weight is 261 g/mol. The van der Waals surface area contributed by atoms with Crippen LogP contribution in [0.1, 0.15) is 6.92 Å². The third-order valence-electron chi connectivity index (χ3n) is 1.60. The summed E-state index contributed by atoms with van der Waals surface area (Å²) in [5, 5.41) is 3.77. The molecule has 6 heteroatoms. The third kappa shape index (κ3) is 5.14. The zero-order valence-electron chi connectivity index (χ0n) is 8.83. The Morgan fingerprint density at radius 3 is 3.06 bits per heavy atom. The van der Waals surface area contributed by atoms with Gasteiger partial charge in [-0.25, -0.2) is 4.79 Å². The third-order valence-corrected chi connectivity index (χ3v) is 2.44. The molecule has 1 aromatic carbocycles. The van der Waals surface area contributed by atoms with E-state index in [0.717, 1.165) is 5.69 Å². The van der Waals surface area contributed by atoms with Crippen LogP contribution in [0.3, 0.4) is 0 Å². The number of hydrogen-bond acceptors (Lipinski definition) is 4. The summed E-state index contributed by atoms with van der Waals surface area (Å²) in [5.41, 5.74) is 0.908. The van der Waals surface area contributed by atoms with Gasteiger partial charge >= 0.3 is 6.09 Å². The predicted octanol–water partition coefficient (Wildman–Crippen LogP) is 3.10. The number of benzene rings is 1. The van der Waals surface area contributed by atoms with Crippen molar-refractivity contribution in [2.45, 2.75) is 6.92 Å². The topological polar surface area (TPSA) is 50.4 Å². The Morgan fingerprint density at radius 2 is 2.38 bits per heavy atom. The zero-order valence-corrected chi connectivity index (χ0v) is 10.4. The van der Waals surface area contributed by atoms with Crippen LogP contribution in [-0.4, -0.2) is 18.6 Å². The molecular formula is C10H13ClN2O2S. The van der Waals surface area contributed by atoms with Crippen molar-refractivity contribution < 1.29 is 9.53 Å². The van der Waals surface area contributed by atoms with Gasteiger partial charge in [0.15, 0.2) is 0 Å². The summed E-state index contributed by atoms with van der Waals surface area (Å²) >= 11 is 7.04. The fraction of sp³-hybridized carbons (Fsp3) is 0.300. The van der Waals surface area contributed by atoms with Gasteiger partial charge in [0.2, 0.25) is 0 Å². The van der Waals surface area contributed by atoms with Crippen molar-refractivity contribution in [1.82, 2.24) is 4.72 Å². The minimum absolute atomic E-state index is 0.369. The first-order valence-electron chi connectivity index (χ1n) is 4.76. The van der Waals surface area contributed by atoms with Crippen LogP contribution in [0.4, 0.5) is 10.5 Å². The van der Waals surface area contributed by atoms with E-state index in [4.69, 9.17) is 16.3 Å². The first-order chi connectivity index (χ1) is 7.72. The maximum Gasteiger partial charge on any atom is 0.417 e. The maximum absolute atomic E-state index is 10.9. The first kappa shape index (κ1) is 13.0. The summed E-state index contributed by atoms with van der Waals surface area (Å²) in [5.74, 6) is 0.541. The number of hydrogen-bond donors (Lipinski definition) is 2. The summed E-state index contributed by atoms with van der Waals surface area (Å²) in [6.45, 7) is 2.13. The van der Waals surface area contributed by atoms with Crippen LogP contribution in [0, 0.1) is 0 Å². The molecule has 2 N–H and O–H groups in total. The average Bonchev–Trinajstić information content (AvgIpc) is 2.25. The monoisotopic (exact) mass is 260 g/mol. The summed E-state index contributed by atoms with van der Waals surface area (Å²) in [6.07, 6.45) is -0.430. The molecule has 0 unspecified atom stereocenters. The van der Waals surface area contributed by atoms with E-state index < -0.39 is 6.09 Å². The van der Waals surface area contributed by atoms with Gasteiger partial charge in [-0.1, -0.05) is 17.7 Å². The van der Waals surface area contributed by atoms with Crippen molar-refractivity contribution >= 4 is 35.3 Å². The van der Waals surface area contributed by atoms with E-state index in [9.17, 15) is 4.79 Å². The fourth-order valence-corrected chi connectivity index (χ4v) is 1.65. The standard InChI is InChI=1S/C10H13ClN2O2S/c1-2-15-10(14)13-16-7-12-9-5-3-4-8(11)6-9/h3-6,12H,2,7H2,1H3,(H,13,14). The van der Waals surface area contributed by atoms with Crippen LogP contribution in [0.25, 0.3) is 0 Å². The smallest absolute Gasteiger partial charge is 0.417 e. The van der Waals surface area contributed by atoms with Crippen LogP contribution in [0.2, 0.25) is 5.02 Å². The van der Waals surface area contributed by atoms with Gasteiger partial charge in [-0.15, -0.1) is 0 Å². The lowest BCUT2D eigenvalue weighted by Gasteiger charge is -2.07. The molecule has 1 rings (SSSR count). The Labute approximate surface area is 104 Å². The number of carbonyl (C=O) groups excluding carboxylic acids is 1. The zero-order chi connectivity index (χ0) is 11.8. The summed E-state index contributed by atoms with van der Waals surface area (Å²) in [4.78, 5) is 10.9. The van der Waals surface area contributed by atoms with E-state index in [0.29, 0.717) is 17.5 Å². The van der Waals surface area contributed by atoms with Crippen molar-refractivity contribution in [3.63, 3.8) is 0 Å². The van der Waals surface area contributed by atoms with Crippen LogP contribution in [-0.2, 0) is 4.74 Å². The molecule has 0 spiro atoms. The summed E-state index contributed by atoms with van der Waals surface area (Å²) in [7, 11) is 0. The molecule has 1 aromatic rings. The minimum Gasteiger partial charge on any atom is -0.449 e. The van der Waals surface area contributed by atoms with E-state index in [1.54, 1.807) is 13.0 Å². The normalized spacial score (nSPS) is 9.62. The number of rotatable bonds is 5. The van der Waals surface area contributed by atoms with Gasteiger partial charge in [-0.2, -0.15) is 0 Å². The van der Waals surface area contributed by atoms with E-state index in [2.05, 4.69) is 10.0 Å². The van der Waals surface area contributed by atoms with Crippen molar-refractivity contribution in [3.05, 3.63) is 29.3 Å². The van der Waals surface area contributed by atoms with Crippen LogP contribution < -0.4 is 10.0 Å². The number of carbonyl (C=O) groups is 1. The molecule has 88 valence electrons. The first-order valence-corrected chi connectivity index (χ1v) is 6.12. The fourth-order valence-electron chi connectivity index (χ4n) is 0.973. The molecule has 0 radical (unpaired) electrons. The van der Waals surface area contributed by atoms with Crippen molar-refractivity contribution in [3.8, 4) is 0 Å². The second-order valence-corrected chi connectivity index (χ2v) is 4.02. The highest BCUT2D eigenvalue weighted by molar-refractivity contribution is 7.97. The lowest BCUT2D eigenvalue weighted by molar-refractivity contribution is 0.159. The second-order valence-electron chi connectivity index (χ2n) is 2.80. The lowest BCUT2D eigenvalue weighted by Crippen LogP contribution is -2.18. The van der Waals surface area contributed by atoms with Gasteiger partial charge in [-0.05, 0) is 37.1 Å². The molecule has 0 aliphatic heterocycles. The molecule has 0 saturated heterocycles. The van der Waals surface area contributed by atoms with Gasteiger partial charge in [-0.3, -0.25) is 4.72 Å². The predicted molar refractivity (Wildman–Crippen MR) is 67.7 cm³/mol. The molecule has 0 saturated carbocycles. The number of ether oxygens (including phenoxy) is 1. The van der Waals surface area contributed by atoms with Gasteiger partial charge in [0.25, 0.3) is 0 Å². The number of amides is 1. The van der Waals surface area contributed by atoms with E-state index in [-0.39, 0.29) is 0 Å². The Bertz CT molecular complexity index is 349. The van der Waals surface area contributed by atoms with E-state index >= 15 is 0 Å². The molecule has 0 aliphatic carbocycles. The second kappa shape index (κ2) is 7.24. The SMILES string of the molecule is CCOC(=O)NSCNc1cccc(Cl)c1. The quantitative estimate of drug-likeness (QED) is 0.485. The van der Waals surface area contributed by atoms with Gasteiger partial charge in [0.1, 0.15) is 0 Å².